The Hall–Kier alpha value is -3.39. The highest BCUT2D eigenvalue weighted by atomic mass is 35.5. The Kier molecular flexibility index (Phi) is 5.18. The van der Waals surface area contributed by atoms with Gasteiger partial charge in [0.05, 0.1) is 23.3 Å². The maximum atomic E-state index is 12.0. The van der Waals surface area contributed by atoms with Gasteiger partial charge in [0.2, 0.25) is 5.78 Å². The van der Waals surface area contributed by atoms with E-state index in [0.29, 0.717) is 29.3 Å². The lowest BCUT2D eigenvalue weighted by Gasteiger charge is -2.13. The third-order valence-corrected chi connectivity index (χ3v) is 4.99. The van der Waals surface area contributed by atoms with Crippen LogP contribution in [0.1, 0.15) is 13.3 Å². The van der Waals surface area contributed by atoms with Gasteiger partial charge in [0.1, 0.15) is 10.7 Å². The lowest BCUT2D eigenvalue weighted by molar-refractivity contribution is -0.111. The predicted molar refractivity (Wildman–Crippen MR) is 113 cm³/mol. The number of fused-ring (bicyclic) bond motifs is 1. The molecule has 29 heavy (non-hydrogen) atoms. The van der Waals surface area contributed by atoms with Crippen LogP contribution in [0.5, 0.6) is 0 Å². The van der Waals surface area contributed by atoms with Gasteiger partial charge in [-0.15, -0.1) is 5.10 Å². The molecule has 3 aromatic heterocycles. The Bertz CT molecular complexity index is 1150. The molecule has 1 aliphatic rings. The number of nitrogens with zero attached hydrogens (tertiary/aromatic N) is 5. The molecule has 4 rings (SSSR count). The summed E-state index contributed by atoms with van der Waals surface area (Å²) in [6, 6.07) is 5.74. The fourth-order valence-corrected chi connectivity index (χ4v) is 3.32. The molecular formula is C20H20ClN7O. The molecule has 0 saturated carbocycles. The van der Waals surface area contributed by atoms with Crippen molar-refractivity contribution in [2.75, 3.05) is 11.9 Å². The number of anilines is 1. The molecule has 0 saturated heterocycles. The van der Waals surface area contributed by atoms with Crippen molar-refractivity contribution in [3.63, 3.8) is 0 Å². The van der Waals surface area contributed by atoms with Crippen LogP contribution in [0.3, 0.4) is 0 Å². The standard InChI is InChI=1S/C20H20ClN7O/c1-13-11-14(17(22)16(21)19(13)29)25-18-15-5-2-3-9-28(15)26-20(18)24-6-4-8-27-10-7-23-12-27/h2-3,5,7,9-12H,4,6,8,22H2,1H3,(H,24,26)/b25-14+. The number of pyridine rings is 1. The molecule has 3 heterocycles. The molecule has 0 spiro atoms. The Labute approximate surface area is 172 Å². The SMILES string of the molecule is CC1=C/C(=N\c2c(NCCCn3ccnc3)nn3ccccc23)C(N)=C(Cl)C1=O. The molecule has 3 N–H and O–H groups in total. The lowest BCUT2D eigenvalue weighted by atomic mass is 10.0. The number of aryl methyl sites for hydroxylation is 1. The Morgan fingerprint density at radius 2 is 2.17 bits per heavy atom. The van der Waals surface area contributed by atoms with Crippen LogP contribution in [0.2, 0.25) is 0 Å². The number of aromatic nitrogens is 4. The molecule has 148 valence electrons. The van der Waals surface area contributed by atoms with E-state index in [4.69, 9.17) is 22.3 Å². The Morgan fingerprint density at radius 3 is 2.97 bits per heavy atom. The summed E-state index contributed by atoms with van der Waals surface area (Å²) >= 11 is 6.10. The van der Waals surface area contributed by atoms with E-state index in [1.807, 2.05) is 35.2 Å². The van der Waals surface area contributed by atoms with Gasteiger partial charge in [0, 0.05) is 37.3 Å². The number of carbonyl (C=O) groups is 1. The number of ketones is 1. The number of hydrogen-bond donors (Lipinski definition) is 2. The lowest BCUT2D eigenvalue weighted by Crippen LogP contribution is -2.21. The molecule has 1 aliphatic carbocycles. The number of carbonyl (C=O) groups excluding carboxylic acids is 1. The van der Waals surface area contributed by atoms with Crippen LogP contribution in [-0.2, 0) is 11.3 Å². The molecule has 8 nitrogen and oxygen atoms in total. The van der Waals surface area contributed by atoms with E-state index in [0.717, 1.165) is 18.5 Å². The number of imidazole rings is 1. The van der Waals surface area contributed by atoms with Crippen LogP contribution >= 0.6 is 11.6 Å². The summed E-state index contributed by atoms with van der Waals surface area (Å²) in [7, 11) is 0. The van der Waals surface area contributed by atoms with Gasteiger partial charge in [-0.05, 0) is 31.6 Å². The van der Waals surface area contributed by atoms with Crippen molar-refractivity contribution in [2.45, 2.75) is 19.9 Å². The van der Waals surface area contributed by atoms with E-state index < -0.39 is 0 Å². The molecule has 0 fully saturated rings. The summed E-state index contributed by atoms with van der Waals surface area (Å²) in [6.45, 7) is 3.25. The molecule has 0 bridgehead atoms. The minimum absolute atomic E-state index is 0.00457. The van der Waals surface area contributed by atoms with Crippen molar-refractivity contribution in [1.29, 1.82) is 0 Å². The fourth-order valence-electron chi connectivity index (χ4n) is 3.07. The van der Waals surface area contributed by atoms with Crippen molar-refractivity contribution in [2.24, 2.45) is 10.7 Å². The first-order chi connectivity index (χ1) is 14.0. The van der Waals surface area contributed by atoms with Crippen LogP contribution < -0.4 is 11.1 Å². The van der Waals surface area contributed by atoms with Crippen LogP contribution in [0.15, 0.2) is 70.5 Å². The molecule has 0 unspecified atom stereocenters. The van der Waals surface area contributed by atoms with E-state index in [1.165, 1.54) is 0 Å². The second-order valence-electron chi connectivity index (χ2n) is 6.69. The van der Waals surface area contributed by atoms with Gasteiger partial charge < -0.3 is 15.6 Å². The van der Waals surface area contributed by atoms with Crippen LogP contribution in [0.25, 0.3) is 5.52 Å². The quantitative estimate of drug-likeness (QED) is 0.481. The normalized spacial score (nSPS) is 16.0. The summed E-state index contributed by atoms with van der Waals surface area (Å²) in [6.07, 6.45) is 9.88. The van der Waals surface area contributed by atoms with Gasteiger partial charge in [0.15, 0.2) is 5.82 Å². The summed E-state index contributed by atoms with van der Waals surface area (Å²) in [5.41, 5.74) is 8.64. The number of nitrogens with one attached hydrogen (secondary N) is 1. The summed E-state index contributed by atoms with van der Waals surface area (Å²) in [4.78, 5) is 20.8. The number of halogens is 1. The van der Waals surface area contributed by atoms with Crippen molar-refractivity contribution in [3.05, 3.63) is 65.5 Å². The van der Waals surface area contributed by atoms with E-state index in [9.17, 15) is 4.79 Å². The zero-order valence-corrected chi connectivity index (χ0v) is 16.6. The highest BCUT2D eigenvalue weighted by molar-refractivity contribution is 6.49. The highest BCUT2D eigenvalue weighted by Gasteiger charge is 2.23. The van der Waals surface area contributed by atoms with Gasteiger partial charge >= 0.3 is 0 Å². The summed E-state index contributed by atoms with van der Waals surface area (Å²) < 4.78 is 3.77. The predicted octanol–water partition coefficient (Wildman–Crippen LogP) is 3.04. The fraction of sp³-hybridized carbons (Fsp3) is 0.200. The zero-order valence-electron chi connectivity index (χ0n) is 15.8. The minimum Gasteiger partial charge on any atom is -0.396 e. The van der Waals surface area contributed by atoms with Crippen molar-refractivity contribution >= 4 is 40.1 Å². The average Bonchev–Trinajstić information content (AvgIpc) is 3.36. The number of aliphatic imine (C=N–C) groups is 1. The minimum atomic E-state index is -0.277. The summed E-state index contributed by atoms with van der Waals surface area (Å²) in [5.74, 6) is 0.363. The molecule has 3 aromatic rings. The number of hydrogen-bond acceptors (Lipinski definition) is 6. The first-order valence-electron chi connectivity index (χ1n) is 9.19. The first kappa shape index (κ1) is 18.9. The number of nitrogens with two attached hydrogens (primary N) is 1. The van der Waals surface area contributed by atoms with E-state index in [1.54, 1.807) is 30.0 Å². The monoisotopic (exact) mass is 409 g/mol. The van der Waals surface area contributed by atoms with E-state index >= 15 is 0 Å². The molecular weight excluding hydrogens is 390 g/mol. The Balaban J connectivity index is 1.64. The molecule has 0 atom stereocenters. The second kappa shape index (κ2) is 7.92. The zero-order chi connectivity index (χ0) is 20.4. The van der Waals surface area contributed by atoms with Gasteiger partial charge in [-0.3, -0.25) is 4.79 Å². The van der Waals surface area contributed by atoms with Crippen molar-refractivity contribution in [1.82, 2.24) is 19.2 Å². The van der Waals surface area contributed by atoms with Gasteiger partial charge in [-0.25, -0.2) is 14.5 Å². The molecule has 0 amide bonds. The van der Waals surface area contributed by atoms with Crippen LogP contribution in [-0.4, -0.2) is 37.2 Å². The maximum absolute atomic E-state index is 12.0. The van der Waals surface area contributed by atoms with Gasteiger partial charge in [-0.2, -0.15) is 0 Å². The number of allylic oxidation sites excluding steroid dienone is 3. The number of rotatable bonds is 6. The van der Waals surface area contributed by atoms with Crippen molar-refractivity contribution in [3.8, 4) is 0 Å². The average molecular weight is 410 g/mol. The summed E-state index contributed by atoms with van der Waals surface area (Å²) in [5, 5.41) is 7.94. The first-order valence-corrected chi connectivity index (χ1v) is 9.56. The van der Waals surface area contributed by atoms with Crippen LogP contribution in [0.4, 0.5) is 11.5 Å². The third kappa shape index (κ3) is 3.79. The van der Waals surface area contributed by atoms with E-state index in [2.05, 4.69) is 15.4 Å². The third-order valence-electron chi connectivity index (χ3n) is 4.61. The molecule has 0 aromatic carbocycles. The highest BCUT2D eigenvalue weighted by Crippen LogP contribution is 2.32. The largest absolute Gasteiger partial charge is 0.396 e. The molecule has 9 heteroatoms. The van der Waals surface area contributed by atoms with Gasteiger partial charge in [0.25, 0.3) is 0 Å². The Morgan fingerprint density at radius 1 is 1.31 bits per heavy atom. The van der Waals surface area contributed by atoms with Gasteiger partial charge in [-0.1, -0.05) is 17.7 Å². The van der Waals surface area contributed by atoms with E-state index in [-0.39, 0.29) is 16.5 Å². The van der Waals surface area contributed by atoms with Crippen molar-refractivity contribution < 1.29 is 4.79 Å². The topological polar surface area (TPSA) is 103 Å². The van der Waals surface area contributed by atoms with Crippen LogP contribution in [0, 0.1) is 0 Å². The molecule has 0 aliphatic heterocycles. The smallest absolute Gasteiger partial charge is 0.202 e. The maximum Gasteiger partial charge on any atom is 0.202 e. The molecule has 0 radical (unpaired) electrons. The number of Topliss-reactive ketones (excluding diaryl/α,β-unsaturated/α-hetero) is 1. The second-order valence-corrected chi connectivity index (χ2v) is 7.07.